The van der Waals surface area contributed by atoms with E-state index in [9.17, 15) is 14.4 Å². The number of aryl methyl sites for hydroxylation is 2. The van der Waals surface area contributed by atoms with Crippen molar-refractivity contribution in [1.82, 2.24) is 24.8 Å². The first-order chi connectivity index (χ1) is 16.6. The van der Waals surface area contributed by atoms with E-state index in [1.807, 2.05) is 11.8 Å². The van der Waals surface area contributed by atoms with Crippen LogP contribution < -0.4 is 21.9 Å². The average molecular weight is 494 g/mol. The molecule has 1 saturated heterocycles. The van der Waals surface area contributed by atoms with Crippen LogP contribution in [0.2, 0.25) is 0 Å². The SMILES string of the molecule is Cc1cc(Nc2ncnc3sc4c(c23)CC[C@H](C(=O)N2CC(N)C2)C4)c(=O)n2c1C(=O)NC2(C)C. The van der Waals surface area contributed by atoms with Gasteiger partial charge in [0.05, 0.1) is 5.39 Å². The molecular formula is C24H27N7O3S. The lowest BCUT2D eigenvalue weighted by Gasteiger charge is -2.39. The lowest BCUT2D eigenvalue weighted by molar-refractivity contribution is -0.140. The summed E-state index contributed by atoms with van der Waals surface area (Å²) in [6.07, 6.45) is 3.69. The van der Waals surface area contributed by atoms with Gasteiger partial charge in [0.1, 0.15) is 34.0 Å². The standard InChI is InChI=1S/C24H27N7O3S/c1-11-6-15(23(34)31-18(11)20(32)29-24(31,2)3)28-19-17-14-5-4-12(22(33)30-8-13(25)9-30)7-16(14)35-21(17)27-10-26-19/h6,10,12-13H,4-5,7-9,25H2,1-3H3,(H,29,32)(H,26,27,28)/t12-/m0/s1. The zero-order valence-corrected chi connectivity index (χ0v) is 20.7. The van der Waals surface area contributed by atoms with Gasteiger partial charge in [0.25, 0.3) is 11.5 Å². The Bertz CT molecular complexity index is 1470. The number of nitrogens with one attached hydrogen (secondary N) is 2. The van der Waals surface area contributed by atoms with Gasteiger partial charge in [0.2, 0.25) is 5.91 Å². The third-order valence-corrected chi connectivity index (χ3v) is 8.42. The maximum absolute atomic E-state index is 13.4. The molecule has 3 aromatic heterocycles. The van der Waals surface area contributed by atoms with Crippen LogP contribution in [0.1, 0.15) is 46.8 Å². The normalized spacial score (nSPS) is 20.9. The molecule has 10 nitrogen and oxygen atoms in total. The van der Waals surface area contributed by atoms with Gasteiger partial charge >= 0.3 is 0 Å². The second kappa shape index (κ2) is 7.59. The van der Waals surface area contributed by atoms with E-state index in [4.69, 9.17) is 5.73 Å². The largest absolute Gasteiger partial charge is 0.339 e. The molecule has 35 heavy (non-hydrogen) atoms. The molecule has 0 aromatic carbocycles. The van der Waals surface area contributed by atoms with E-state index in [0.717, 1.165) is 33.5 Å². The zero-order chi connectivity index (χ0) is 24.6. The third kappa shape index (κ3) is 3.36. The minimum atomic E-state index is -0.823. The molecule has 1 atom stereocenters. The molecule has 11 heteroatoms. The van der Waals surface area contributed by atoms with Gasteiger partial charge in [-0.1, -0.05) is 0 Å². The number of carbonyl (C=O) groups excluding carboxylic acids is 2. The molecule has 0 unspecified atom stereocenters. The Labute approximate surface area is 205 Å². The van der Waals surface area contributed by atoms with E-state index in [1.165, 1.54) is 10.9 Å². The molecule has 2 aliphatic heterocycles. The van der Waals surface area contributed by atoms with E-state index >= 15 is 0 Å². The molecule has 3 aliphatic rings. The summed E-state index contributed by atoms with van der Waals surface area (Å²) >= 11 is 1.59. The van der Waals surface area contributed by atoms with Crippen LogP contribution in [0, 0.1) is 12.8 Å². The quantitative estimate of drug-likeness (QED) is 0.504. The van der Waals surface area contributed by atoms with Crippen molar-refractivity contribution < 1.29 is 9.59 Å². The molecule has 0 spiro atoms. The summed E-state index contributed by atoms with van der Waals surface area (Å²) in [6.45, 7) is 6.71. The van der Waals surface area contributed by atoms with E-state index in [-0.39, 0.29) is 29.3 Å². The molecule has 5 heterocycles. The van der Waals surface area contributed by atoms with Gasteiger partial charge in [-0.2, -0.15) is 0 Å². The molecule has 6 rings (SSSR count). The monoisotopic (exact) mass is 493 g/mol. The van der Waals surface area contributed by atoms with Crippen LogP contribution in [0.4, 0.5) is 11.5 Å². The highest BCUT2D eigenvalue weighted by molar-refractivity contribution is 7.19. The summed E-state index contributed by atoms with van der Waals surface area (Å²) in [6, 6.07) is 1.80. The van der Waals surface area contributed by atoms with E-state index in [2.05, 4.69) is 20.6 Å². The third-order valence-electron chi connectivity index (χ3n) is 7.25. The molecule has 1 aliphatic carbocycles. The summed E-state index contributed by atoms with van der Waals surface area (Å²) in [5.41, 5.74) is 7.33. The summed E-state index contributed by atoms with van der Waals surface area (Å²) in [5, 5.41) is 7.01. The smallest absolute Gasteiger partial charge is 0.276 e. The van der Waals surface area contributed by atoms with Crippen LogP contribution in [0.15, 0.2) is 17.2 Å². The minimum absolute atomic E-state index is 0.0382. The number of hydrogen-bond acceptors (Lipinski definition) is 8. The van der Waals surface area contributed by atoms with Crippen molar-refractivity contribution in [2.24, 2.45) is 11.7 Å². The molecule has 0 radical (unpaired) electrons. The van der Waals surface area contributed by atoms with Crippen molar-refractivity contribution in [3.05, 3.63) is 44.4 Å². The van der Waals surface area contributed by atoms with Gasteiger partial charge in [0, 0.05) is 29.9 Å². The second-order valence-corrected chi connectivity index (χ2v) is 11.3. The highest BCUT2D eigenvalue weighted by Crippen LogP contribution is 2.41. The number of nitrogens with two attached hydrogens (primary N) is 1. The van der Waals surface area contributed by atoms with Crippen LogP contribution in [-0.4, -0.2) is 50.4 Å². The summed E-state index contributed by atoms with van der Waals surface area (Å²) in [5.74, 6) is 0.463. The first-order valence-corrected chi connectivity index (χ1v) is 12.6. The number of hydrogen-bond donors (Lipinski definition) is 3. The topological polar surface area (TPSA) is 135 Å². The van der Waals surface area contributed by atoms with Crippen molar-refractivity contribution >= 4 is 44.9 Å². The van der Waals surface area contributed by atoms with Crippen molar-refractivity contribution in [1.29, 1.82) is 0 Å². The van der Waals surface area contributed by atoms with Crippen molar-refractivity contribution in [3.63, 3.8) is 0 Å². The number of fused-ring (bicyclic) bond motifs is 4. The Hall–Kier alpha value is -3.31. The second-order valence-electron chi connectivity index (χ2n) is 10.2. The predicted octanol–water partition coefficient (Wildman–Crippen LogP) is 1.62. The van der Waals surface area contributed by atoms with Crippen molar-refractivity contribution in [2.45, 2.75) is 51.7 Å². The number of amides is 2. The summed E-state index contributed by atoms with van der Waals surface area (Å²) in [7, 11) is 0. The maximum Gasteiger partial charge on any atom is 0.276 e. The molecule has 0 saturated carbocycles. The number of aromatic nitrogens is 3. The van der Waals surface area contributed by atoms with Crippen LogP contribution in [0.3, 0.4) is 0 Å². The first kappa shape index (κ1) is 22.2. The van der Waals surface area contributed by atoms with Crippen LogP contribution in [-0.2, 0) is 23.3 Å². The Balaban J connectivity index is 1.36. The highest BCUT2D eigenvalue weighted by Gasteiger charge is 2.38. The number of pyridine rings is 1. The van der Waals surface area contributed by atoms with Gasteiger partial charge in [-0.15, -0.1) is 11.3 Å². The number of thiophene rings is 1. The van der Waals surface area contributed by atoms with Gasteiger partial charge in [-0.05, 0) is 57.2 Å². The van der Waals surface area contributed by atoms with E-state index in [1.54, 1.807) is 31.3 Å². The first-order valence-electron chi connectivity index (χ1n) is 11.8. The van der Waals surface area contributed by atoms with Gasteiger partial charge < -0.3 is 21.3 Å². The Morgan fingerprint density at radius 2 is 2.06 bits per heavy atom. The van der Waals surface area contributed by atoms with Gasteiger partial charge in [-0.3, -0.25) is 19.0 Å². The summed E-state index contributed by atoms with van der Waals surface area (Å²) < 4.78 is 1.51. The Kier molecular flexibility index (Phi) is 4.81. The lowest BCUT2D eigenvalue weighted by atomic mass is 9.86. The Morgan fingerprint density at radius 3 is 2.80 bits per heavy atom. The summed E-state index contributed by atoms with van der Waals surface area (Å²) in [4.78, 5) is 51.5. The van der Waals surface area contributed by atoms with Crippen molar-refractivity contribution in [2.75, 3.05) is 18.4 Å². The van der Waals surface area contributed by atoms with Crippen LogP contribution in [0.5, 0.6) is 0 Å². The van der Waals surface area contributed by atoms with Crippen LogP contribution in [0.25, 0.3) is 10.2 Å². The number of rotatable bonds is 3. The van der Waals surface area contributed by atoms with Crippen molar-refractivity contribution in [3.8, 4) is 0 Å². The number of carbonyl (C=O) groups is 2. The van der Waals surface area contributed by atoms with Gasteiger partial charge in [0.15, 0.2) is 0 Å². The van der Waals surface area contributed by atoms with Crippen LogP contribution >= 0.6 is 11.3 Å². The molecule has 1 fully saturated rings. The minimum Gasteiger partial charge on any atom is -0.339 e. The fourth-order valence-corrected chi connectivity index (χ4v) is 6.80. The Morgan fingerprint density at radius 1 is 1.29 bits per heavy atom. The molecule has 4 N–H and O–H groups in total. The molecular weight excluding hydrogens is 466 g/mol. The average Bonchev–Trinajstić information content (AvgIpc) is 3.28. The molecule has 182 valence electrons. The van der Waals surface area contributed by atoms with E-state index < -0.39 is 5.66 Å². The fourth-order valence-electron chi connectivity index (χ4n) is 5.54. The number of anilines is 2. The number of nitrogens with zero attached hydrogens (tertiary/aromatic N) is 4. The highest BCUT2D eigenvalue weighted by atomic mass is 32.1. The predicted molar refractivity (Wildman–Crippen MR) is 133 cm³/mol. The lowest BCUT2D eigenvalue weighted by Crippen LogP contribution is -2.59. The maximum atomic E-state index is 13.4. The fraction of sp³-hybridized carbons (Fsp3) is 0.458. The van der Waals surface area contributed by atoms with Gasteiger partial charge in [-0.25, -0.2) is 9.97 Å². The number of likely N-dealkylation sites (tertiary alicyclic amines) is 1. The molecule has 3 aromatic rings. The molecule has 0 bridgehead atoms. The zero-order valence-electron chi connectivity index (χ0n) is 19.8. The molecule has 2 amide bonds. The van der Waals surface area contributed by atoms with E-state index in [0.29, 0.717) is 42.3 Å².